The summed E-state index contributed by atoms with van der Waals surface area (Å²) in [7, 11) is 0. The van der Waals surface area contributed by atoms with Gasteiger partial charge in [-0.3, -0.25) is 9.78 Å². The highest BCUT2D eigenvalue weighted by Gasteiger charge is 2.36. The van der Waals surface area contributed by atoms with Crippen LogP contribution in [0.2, 0.25) is 0 Å². The van der Waals surface area contributed by atoms with Crippen LogP contribution < -0.4 is 0 Å². The van der Waals surface area contributed by atoms with Gasteiger partial charge in [-0.2, -0.15) is 0 Å². The third-order valence-electron chi connectivity index (χ3n) is 4.63. The number of ketones is 1. The maximum absolute atomic E-state index is 13.0. The Labute approximate surface area is 162 Å². The van der Waals surface area contributed by atoms with Crippen LogP contribution in [-0.2, 0) is 11.2 Å². The number of fused-ring (bicyclic) bond motifs is 1. The molecule has 0 saturated heterocycles. The van der Waals surface area contributed by atoms with Gasteiger partial charge in [-0.05, 0) is 43.4 Å². The van der Waals surface area contributed by atoms with E-state index in [1.165, 1.54) is 0 Å². The van der Waals surface area contributed by atoms with E-state index in [1.54, 1.807) is 13.8 Å². The molecule has 0 aliphatic heterocycles. The van der Waals surface area contributed by atoms with E-state index in [4.69, 9.17) is 4.74 Å². The van der Waals surface area contributed by atoms with Gasteiger partial charge in [-0.1, -0.05) is 41.9 Å². The summed E-state index contributed by atoms with van der Waals surface area (Å²) in [6.07, 6.45) is 1.15. The number of benzene rings is 1. The molecule has 0 N–H and O–H groups in total. The van der Waals surface area contributed by atoms with Gasteiger partial charge >= 0.3 is 5.97 Å². The summed E-state index contributed by atoms with van der Waals surface area (Å²) in [5.74, 6) is -0.400. The number of carbonyl (C=O) groups excluding carboxylic acids is 2. The lowest BCUT2D eigenvalue weighted by Gasteiger charge is -2.31. The average Bonchev–Trinajstić information content (AvgIpc) is 2.53. The van der Waals surface area contributed by atoms with Crippen molar-refractivity contribution in [1.82, 2.24) is 4.98 Å². The second-order valence-electron chi connectivity index (χ2n) is 7.44. The van der Waals surface area contributed by atoms with Crippen molar-refractivity contribution in [3.8, 4) is 11.1 Å². The summed E-state index contributed by atoms with van der Waals surface area (Å²) in [4.78, 5) is 30.3. The summed E-state index contributed by atoms with van der Waals surface area (Å²) in [5.41, 5.74) is 3.68. The molecule has 26 heavy (non-hydrogen) atoms. The predicted octanol–water partition coefficient (Wildman–Crippen LogP) is 5.15. The first-order valence-electron chi connectivity index (χ1n) is 8.73. The number of aryl methyl sites for hydroxylation is 1. The van der Waals surface area contributed by atoms with Crippen molar-refractivity contribution in [2.24, 2.45) is 5.41 Å². The average molecular weight is 416 g/mol. The van der Waals surface area contributed by atoms with Gasteiger partial charge in [0.25, 0.3) is 0 Å². The molecular weight excluding hydrogens is 394 g/mol. The minimum atomic E-state index is -0.434. The highest BCUT2D eigenvalue weighted by Crippen LogP contribution is 2.41. The molecule has 1 aliphatic rings. The predicted molar refractivity (Wildman–Crippen MR) is 104 cm³/mol. The molecule has 0 bridgehead atoms. The lowest BCUT2D eigenvalue weighted by atomic mass is 9.73. The largest absolute Gasteiger partial charge is 0.462 e. The number of carbonyl (C=O) groups is 2. The van der Waals surface area contributed by atoms with Crippen molar-refractivity contribution in [2.75, 3.05) is 6.61 Å². The Balaban J connectivity index is 2.33. The van der Waals surface area contributed by atoms with Crippen LogP contribution in [0.15, 0.2) is 28.7 Å². The van der Waals surface area contributed by atoms with E-state index in [0.29, 0.717) is 35.2 Å². The molecule has 0 amide bonds. The van der Waals surface area contributed by atoms with Crippen LogP contribution in [0, 0.1) is 12.3 Å². The van der Waals surface area contributed by atoms with Gasteiger partial charge in [0.05, 0.1) is 23.6 Å². The standard InChI is InChI=1S/C21H22BrNO3/c1-5-26-20(25)17-12(2)23-15-10-21(3,4)11-16(24)19(15)18(17)13-6-8-14(22)9-7-13/h6-9H,5,10-11H2,1-4H3. The number of esters is 1. The van der Waals surface area contributed by atoms with Gasteiger partial charge in [-0.15, -0.1) is 0 Å². The second kappa shape index (κ2) is 6.95. The topological polar surface area (TPSA) is 56.3 Å². The van der Waals surface area contributed by atoms with Crippen molar-refractivity contribution < 1.29 is 14.3 Å². The van der Waals surface area contributed by atoms with Crippen molar-refractivity contribution in [1.29, 1.82) is 0 Å². The van der Waals surface area contributed by atoms with Gasteiger partial charge in [0.15, 0.2) is 5.78 Å². The fourth-order valence-electron chi connectivity index (χ4n) is 3.59. The first-order valence-corrected chi connectivity index (χ1v) is 9.52. The minimum absolute atomic E-state index is 0.0345. The Morgan fingerprint density at radius 2 is 1.85 bits per heavy atom. The smallest absolute Gasteiger partial charge is 0.340 e. The molecule has 0 fully saturated rings. The van der Waals surface area contributed by atoms with E-state index in [0.717, 1.165) is 15.7 Å². The Morgan fingerprint density at radius 3 is 2.46 bits per heavy atom. The monoisotopic (exact) mass is 415 g/mol. The molecule has 4 nitrogen and oxygen atoms in total. The third-order valence-corrected chi connectivity index (χ3v) is 5.16. The lowest BCUT2D eigenvalue weighted by molar-refractivity contribution is 0.0526. The van der Waals surface area contributed by atoms with Crippen molar-refractivity contribution in [2.45, 2.75) is 40.5 Å². The molecule has 0 saturated carbocycles. The van der Waals surface area contributed by atoms with Gasteiger partial charge in [0, 0.05) is 22.0 Å². The molecular formula is C21H22BrNO3. The van der Waals surface area contributed by atoms with Crippen molar-refractivity contribution in [3.63, 3.8) is 0 Å². The number of nitrogens with zero attached hydrogens (tertiary/aromatic N) is 1. The van der Waals surface area contributed by atoms with Crippen molar-refractivity contribution >= 4 is 27.7 Å². The summed E-state index contributed by atoms with van der Waals surface area (Å²) >= 11 is 3.44. The maximum Gasteiger partial charge on any atom is 0.340 e. The molecule has 3 rings (SSSR count). The third kappa shape index (κ3) is 3.45. The van der Waals surface area contributed by atoms with E-state index in [2.05, 4.69) is 34.8 Å². The van der Waals surface area contributed by atoms with Crippen LogP contribution in [0.25, 0.3) is 11.1 Å². The molecule has 0 radical (unpaired) electrons. The SMILES string of the molecule is CCOC(=O)c1c(C)nc2c(c1-c1ccc(Br)cc1)C(=O)CC(C)(C)C2. The molecule has 2 aromatic rings. The maximum atomic E-state index is 13.0. The second-order valence-corrected chi connectivity index (χ2v) is 8.35. The summed E-state index contributed by atoms with van der Waals surface area (Å²) in [5, 5.41) is 0. The summed E-state index contributed by atoms with van der Waals surface area (Å²) in [6.45, 7) is 8.00. The zero-order valence-corrected chi connectivity index (χ0v) is 17.1. The zero-order valence-electron chi connectivity index (χ0n) is 15.5. The van der Waals surface area contributed by atoms with Crippen molar-refractivity contribution in [3.05, 3.63) is 51.3 Å². The highest BCUT2D eigenvalue weighted by atomic mass is 79.9. The molecule has 1 aromatic heterocycles. The Hall–Kier alpha value is -2.01. The molecule has 5 heteroatoms. The number of hydrogen-bond donors (Lipinski definition) is 0. The number of hydrogen-bond acceptors (Lipinski definition) is 4. The lowest BCUT2D eigenvalue weighted by Crippen LogP contribution is -2.30. The van der Waals surface area contributed by atoms with Crippen LogP contribution in [0.1, 0.15) is 59.3 Å². The Kier molecular flexibility index (Phi) is 5.02. The van der Waals surface area contributed by atoms with E-state index in [-0.39, 0.29) is 17.8 Å². The number of ether oxygens (including phenoxy) is 1. The first kappa shape index (κ1) is 18.8. The van der Waals surface area contributed by atoms with Gasteiger partial charge < -0.3 is 4.74 Å². The molecule has 1 aromatic carbocycles. The van der Waals surface area contributed by atoms with Gasteiger partial charge in [-0.25, -0.2) is 4.79 Å². The number of aromatic nitrogens is 1. The quantitative estimate of drug-likeness (QED) is 0.650. The van der Waals surface area contributed by atoms with E-state index in [1.807, 2.05) is 24.3 Å². The van der Waals surface area contributed by atoms with E-state index in [9.17, 15) is 9.59 Å². The zero-order chi connectivity index (χ0) is 19.1. The molecule has 0 spiro atoms. The number of pyridine rings is 1. The van der Waals surface area contributed by atoms with Gasteiger partial charge in [0.2, 0.25) is 0 Å². The molecule has 1 heterocycles. The Morgan fingerprint density at radius 1 is 1.19 bits per heavy atom. The van der Waals surface area contributed by atoms with Crippen LogP contribution in [0.4, 0.5) is 0 Å². The summed E-state index contributed by atoms with van der Waals surface area (Å²) in [6, 6.07) is 7.64. The van der Waals surface area contributed by atoms with E-state index < -0.39 is 5.97 Å². The number of halogens is 1. The molecule has 1 aliphatic carbocycles. The van der Waals surface area contributed by atoms with E-state index >= 15 is 0 Å². The van der Waals surface area contributed by atoms with Crippen LogP contribution in [0.5, 0.6) is 0 Å². The number of Topliss-reactive ketones (excluding diaryl/α,β-unsaturated/α-hetero) is 1. The van der Waals surface area contributed by atoms with Gasteiger partial charge in [0.1, 0.15) is 0 Å². The highest BCUT2D eigenvalue weighted by molar-refractivity contribution is 9.10. The molecule has 136 valence electrons. The Bertz CT molecular complexity index is 885. The summed E-state index contributed by atoms with van der Waals surface area (Å²) < 4.78 is 6.20. The first-order chi connectivity index (χ1) is 12.2. The minimum Gasteiger partial charge on any atom is -0.462 e. The fraction of sp³-hybridized carbons (Fsp3) is 0.381. The molecule has 0 atom stereocenters. The van der Waals surface area contributed by atoms with Crippen LogP contribution >= 0.6 is 15.9 Å². The van der Waals surface area contributed by atoms with Crippen LogP contribution in [-0.4, -0.2) is 23.3 Å². The molecule has 0 unspecified atom stereocenters. The number of rotatable bonds is 3. The van der Waals surface area contributed by atoms with Crippen LogP contribution in [0.3, 0.4) is 0 Å². The normalized spacial score (nSPS) is 15.5. The fourth-order valence-corrected chi connectivity index (χ4v) is 3.85.